The molecule has 1 aromatic carbocycles. The second kappa shape index (κ2) is 4.00. The van der Waals surface area contributed by atoms with Crippen LogP contribution in [-0.2, 0) is 0 Å². The minimum atomic E-state index is 0.158. The third-order valence-corrected chi connectivity index (χ3v) is 5.25. The Balaban J connectivity index is 1.68. The molecule has 0 unspecified atom stereocenters. The maximum absolute atomic E-state index is 7.79. The summed E-state index contributed by atoms with van der Waals surface area (Å²) in [7, 11) is 0. The Morgan fingerprint density at radius 2 is 1.89 bits per heavy atom. The molecule has 1 aromatic rings. The zero-order valence-corrected chi connectivity index (χ0v) is 12.3. The first-order valence-electron chi connectivity index (χ1n) is 6.34. The molecule has 0 atom stereocenters. The van der Waals surface area contributed by atoms with E-state index in [1.807, 2.05) is 19.1 Å². The predicted octanol–water partition coefficient (Wildman–Crippen LogP) is 4.52. The van der Waals surface area contributed by atoms with E-state index in [1.54, 1.807) is 6.07 Å². The van der Waals surface area contributed by atoms with Gasteiger partial charge >= 0.3 is 0 Å². The van der Waals surface area contributed by atoms with Crippen LogP contribution < -0.4 is 5.32 Å². The molecule has 0 spiro atoms. The molecular formula is C15H16Cl2N2. The van der Waals surface area contributed by atoms with Crippen molar-refractivity contribution in [3.05, 3.63) is 40.4 Å². The van der Waals surface area contributed by atoms with Crippen LogP contribution in [0.2, 0.25) is 10.0 Å². The minimum Gasteiger partial charge on any atom is -0.380 e. The number of nitrogens with one attached hydrogen (secondary N) is 2. The summed E-state index contributed by atoms with van der Waals surface area (Å²) in [6, 6.07) is 5.55. The lowest BCUT2D eigenvalue weighted by Gasteiger charge is -2.71. The van der Waals surface area contributed by atoms with E-state index in [2.05, 4.69) is 11.9 Å². The van der Waals surface area contributed by atoms with E-state index >= 15 is 0 Å². The lowest BCUT2D eigenvalue weighted by atomic mass is 9.38. The van der Waals surface area contributed by atoms with Crippen LogP contribution in [0.4, 0.5) is 0 Å². The summed E-state index contributed by atoms with van der Waals surface area (Å²) in [4.78, 5) is 0. The molecule has 3 fully saturated rings. The van der Waals surface area contributed by atoms with Crippen LogP contribution in [0.1, 0.15) is 31.7 Å². The van der Waals surface area contributed by atoms with Crippen LogP contribution in [0.5, 0.6) is 0 Å². The molecule has 4 rings (SSSR count). The van der Waals surface area contributed by atoms with E-state index in [1.165, 1.54) is 0 Å². The molecule has 3 aliphatic carbocycles. The van der Waals surface area contributed by atoms with Crippen molar-refractivity contribution in [1.29, 1.82) is 5.41 Å². The molecule has 0 aromatic heterocycles. The molecule has 100 valence electrons. The summed E-state index contributed by atoms with van der Waals surface area (Å²) in [6.07, 6.45) is 3.15. The highest BCUT2D eigenvalue weighted by molar-refractivity contribution is 6.42. The Labute approximate surface area is 123 Å². The van der Waals surface area contributed by atoms with Gasteiger partial charge in [0, 0.05) is 22.4 Å². The fourth-order valence-corrected chi connectivity index (χ4v) is 3.69. The second-order valence-electron chi connectivity index (χ2n) is 5.95. The van der Waals surface area contributed by atoms with Crippen LogP contribution >= 0.6 is 23.2 Å². The normalized spacial score (nSPS) is 31.1. The van der Waals surface area contributed by atoms with Crippen molar-refractivity contribution in [3.63, 3.8) is 0 Å². The molecule has 0 radical (unpaired) electrons. The summed E-state index contributed by atoms with van der Waals surface area (Å²) >= 11 is 11.9. The monoisotopic (exact) mass is 294 g/mol. The van der Waals surface area contributed by atoms with E-state index in [4.69, 9.17) is 28.6 Å². The molecule has 0 saturated heterocycles. The number of benzene rings is 1. The van der Waals surface area contributed by atoms with Crippen LogP contribution in [0.3, 0.4) is 0 Å². The molecule has 2 bridgehead atoms. The smallest absolute Gasteiger partial charge is 0.0599 e. The lowest BCUT2D eigenvalue weighted by molar-refractivity contribution is -0.0899. The highest BCUT2D eigenvalue weighted by atomic mass is 35.5. The first-order valence-corrected chi connectivity index (χ1v) is 7.10. The average Bonchev–Trinajstić information content (AvgIpc) is 2.24. The number of halogens is 2. The summed E-state index contributed by atoms with van der Waals surface area (Å²) < 4.78 is 0. The predicted molar refractivity (Wildman–Crippen MR) is 81.0 cm³/mol. The molecule has 2 nitrogen and oxygen atoms in total. The molecule has 3 saturated carbocycles. The Morgan fingerprint density at radius 3 is 2.42 bits per heavy atom. The molecule has 19 heavy (non-hydrogen) atoms. The molecule has 2 N–H and O–H groups in total. The van der Waals surface area contributed by atoms with Crippen molar-refractivity contribution in [2.75, 3.05) is 0 Å². The van der Waals surface area contributed by atoms with Crippen LogP contribution in [-0.4, -0.2) is 11.3 Å². The van der Waals surface area contributed by atoms with Gasteiger partial charge in [0.25, 0.3) is 0 Å². The highest BCUT2D eigenvalue weighted by Crippen LogP contribution is 2.68. The lowest BCUT2D eigenvalue weighted by Crippen LogP contribution is -2.75. The van der Waals surface area contributed by atoms with Crippen molar-refractivity contribution < 1.29 is 0 Å². The van der Waals surface area contributed by atoms with Crippen LogP contribution in [0.25, 0.3) is 5.70 Å². The Kier molecular flexibility index (Phi) is 2.74. The zero-order chi connectivity index (χ0) is 13.8. The fourth-order valence-electron chi connectivity index (χ4n) is 3.39. The van der Waals surface area contributed by atoms with Gasteiger partial charge in [0.2, 0.25) is 0 Å². The quantitative estimate of drug-likeness (QED) is 0.787. The molecular weight excluding hydrogens is 279 g/mol. The van der Waals surface area contributed by atoms with Gasteiger partial charge in [-0.3, -0.25) is 0 Å². The largest absolute Gasteiger partial charge is 0.380 e. The summed E-state index contributed by atoms with van der Waals surface area (Å²) in [6.45, 7) is 6.00. The van der Waals surface area contributed by atoms with E-state index in [0.717, 1.165) is 36.2 Å². The van der Waals surface area contributed by atoms with E-state index in [0.29, 0.717) is 10.0 Å². The second-order valence-corrected chi connectivity index (χ2v) is 6.76. The SMILES string of the molecule is C=C(NC12CC(C(C)=N)(C1)C2)c1ccc(Cl)c(Cl)c1. The third-order valence-electron chi connectivity index (χ3n) is 4.51. The van der Waals surface area contributed by atoms with Crippen molar-refractivity contribution in [1.82, 2.24) is 5.32 Å². The van der Waals surface area contributed by atoms with E-state index in [9.17, 15) is 0 Å². The van der Waals surface area contributed by atoms with Crippen molar-refractivity contribution in [2.24, 2.45) is 5.41 Å². The zero-order valence-electron chi connectivity index (χ0n) is 10.8. The van der Waals surface area contributed by atoms with E-state index in [-0.39, 0.29) is 11.0 Å². The number of hydrogen-bond donors (Lipinski definition) is 2. The summed E-state index contributed by atoms with van der Waals surface area (Å²) in [5.74, 6) is 0. The van der Waals surface area contributed by atoms with Gasteiger partial charge in [0.1, 0.15) is 0 Å². The van der Waals surface area contributed by atoms with Gasteiger partial charge in [-0.15, -0.1) is 0 Å². The molecule has 0 aliphatic heterocycles. The van der Waals surface area contributed by atoms with Gasteiger partial charge in [0.05, 0.1) is 10.0 Å². The maximum Gasteiger partial charge on any atom is 0.0599 e. The topological polar surface area (TPSA) is 35.9 Å². The molecule has 0 amide bonds. The van der Waals surface area contributed by atoms with Crippen LogP contribution in [0.15, 0.2) is 24.8 Å². The first kappa shape index (κ1) is 13.0. The Bertz CT molecular complexity index is 572. The highest BCUT2D eigenvalue weighted by Gasteiger charge is 2.69. The summed E-state index contributed by atoms with van der Waals surface area (Å²) in [5.41, 5.74) is 3.02. The Morgan fingerprint density at radius 1 is 1.26 bits per heavy atom. The van der Waals surface area contributed by atoms with Crippen molar-refractivity contribution in [2.45, 2.75) is 31.7 Å². The number of rotatable bonds is 4. The molecule has 4 heteroatoms. The van der Waals surface area contributed by atoms with Crippen LogP contribution in [0, 0.1) is 10.8 Å². The van der Waals surface area contributed by atoms with Gasteiger partial charge in [-0.2, -0.15) is 0 Å². The molecule has 3 aliphatic rings. The first-order chi connectivity index (χ1) is 8.86. The van der Waals surface area contributed by atoms with E-state index < -0.39 is 0 Å². The van der Waals surface area contributed by atoms with Crippen molar-refractivity contribution in [3.8, 4) is 0 Å². The van der Waals surface area contributed by atoms with Gasteiger partial charge in [-0.1, -0.05) is 35.8 Å². The Hall–Kier alpha value is -0.990. The fraction of sp³-hybridized carbons (Fsp3) is 0.400. The minimum absolute atomic E-state index is 0.158. The average molecular weight is 295 g/mol. The third kappa shape index (κ3) is 1.89. The number of hydrogen-bond acceptors (Lipinski definition) is 2. The summed E-state index contributed by atoms with van der Waals surface area (Å²) in [5, 5.41) is 12.4. The standard InChI is InChI=1S/C15H16Cl2N2/c1-9(11-3-4-12(16)13(17)5-11)19-15-6-14(7-15,8-15)10(2)18/h3-5,18-19H,1,6-8H2,2H3. The van der Waals surface area contributed by atoms with Crippen molar-refractivity contribution >= 4 is 34.6 Å². The maximum atomic E-state index is 7.79. The van der Waals surface area contributed by atoms with Gasteiger partial charge in [-0.25, -0.2) is 0 Å². The van der Waals surface area contributed by atoms with Gasteiger partial charge in [0.15, 0.2) is 0 Å². The van der Waals surface area contributed by atoms with Gasteiger partial charge in [-0.05, 0) is 43.9 Å². The molecule has 0 heterocycles. The van der Waals surface area contributed by atoms with Gasteiger partial charge < -0.3 is 10.7 Å².